The number of halogens is 1. The third-order valence-corrected chi connectivity index (χ3v) is 3.27. The van der Waals surface area contributed by atoms with Gasteiger partial charge in [-0.2, -0.15) is 0 Å². The Morgan fingerprint density at radius 3 is 2.65 bits per heavy atom. The van der Waals surface area contributed by atoms with Crippen molar-refractivity contribution in [2.24, 2.45) is 5.92 Å². The van der Waals surface area contributed by atoms with Crippen LogP contribution in [0.4, 0.5) is 10.1 Å². The van der Waals surface area contributed by atoms with E-state index in [2.05, 4.69) is 5.32 Å². The molecule has 0 bridgehead atoms. The minimum atomic E-state index is -0.466. The van der Waals surface area contributed by atoms with Crippen LogP contribution in [0.3, 0.4) is 0 Å². The van der Waals surface area contributed by atoms with Crippen molar-refractivity contribution >= 4 is 17.5 Å². The summed E-state index contributed by atoms with van der Waals surface area (Å²) in [7, 11) is 0. The smallest absolute Gasteiger partial charge is 0.249 e. The van der Waals surface area contributed by atoms with Crippen LogP contribution in [0, 0.1) is 11.7 Å². The molecule has 0 spiro atoms. The average Bonchev–Trinajstić information content (AvgIpc) is 2.71. The van der Waals surface area contributed by atoms with E-state index in [-0.39, 0.29) is 23.5 Å². The normalized spacial score (nSPS) is 18.7. The van der Waals surface area contributed by atoms with Crippen LogP contribution in [0.25, 0.3) is 0 Å². The van der Waals surface area contributed by atoms with Gasteiger partial charge in [0.25, 0.3) is 0 Å². The van der Waals surface area contributed by atoms with Crippen molar-refractivity contribution in [3.8, 4) is 0 Å². The maximum atomic E-state index is 12.9. The van der Waals surface area contributed by atoms with Gasteiger partial charge in [-0.15, -0.1) is 0 Å². The van der Waals surface area contributed by atoms with Crippen molar-refractivity contribution < 1.29 is 14.0 Å². The molecular formula is C15H19FN2O2. The molecule has 1 aliphatic heterocycles. The summed E-state index contributed by atoms with van der Waals surface area (Å²) in [6, 6.07) is 5.34. The molecule has 1 unspecified atom stereocenters. The van der Waals surface area contributed by atoms with Crippen LogP contribution in [0.1, 0.15) is 26.7 Å². The fourth-order valence-electron chi connectivity index (χ4n) is 2.32. The number of carbonyl (C=O) groups excluding carboxylic acids is 2. The van der Waals surface area contributed by atoms with Gasteiger partial charge in [0.15, 0.2) is 0 Å². The topological polar surface area (TPSA) is 49.4 Å². The van der Waals surface area contributed by atoms with Gasteiger partial charge in [0, 0.05) is 18.7 Å². The number of nitrogens with zero attached hydrogens (tertiary/aromatic N) is 1. The molecule has 20 heavy (non-hydrogen) atoms. The van der Waals surface area contributed by atoms with Crippen LogP contribution in [0.15, 0.2) is 24.3 Å². The van der Waals surface area contributed by atoms with Gasteiger partial charge in [-0.3, -0.25) is 9.59 Å². The number of hydrogen-bond donors (Lipinski definition) is 1. The highest BCUT2D eigenvalue weighted by atomic mass is 19.1. The fourth-order valence-corrected chi connectivity index (χ4v) is 2.32. The molecule has 0 aromatic heterocycles. The van der Waals surface area contributed by atoms with Gasteiger partial charge < -0.3 is 10.2 Å². The second-order valence-corrected chi connectivity index (χ2v) is 5.47. The number of carbonyl (C=O) groups is 2. The van der Waals surface area contributed by atoms with Crippen LogP contribution in [-0.4, -0.2) is 24.4 Å². The van der Waals surface area contributed by atoms with Crippen molar-refractivity contribution in [1.82, 2.24) is 5.32 Å². The maximum Gasteiger partial charge on any atom is 0.249 e. The zero-order valence-corrected chi connectivity index (χ0v) is 11.7. The third-order valence-electron chi connectivity index (χ3n) is 3.27. The lowest BCUT2D eigenvalue weighted by Crippen LogP contribution is -2.41. The second kappa shape index (κ2) is 6.03. The summed E-state index contributed by atoms with van der Waals surface area (Å²) in [5.41, 5.74) is 0.664. The molecule has 0 aliphatic carbocycles. The molecule has 0 radical (unpaired) electrons. The molecule has 108 valence electrons. The van der Waals surface area contributed by atoms with Gasteiger partial charge in [0.2, 0.25) is 11.8 Å². The Hall–Kier alpha value is -1.91. The van der Waals surface area contributed by atoms with Crippen molar-refractivity contribution in [2.75, 3.05) is 11.4 Å². The molecule has 1 N–H and O–H groups in total. The first-order valence-electron chi connectivity index (χ1n) is 6.83. The summed E-state index contributed by atoms with van der Waals surface area (Å²) in [5, 5.41) is 2.77. The van der Waals surface area contributed by atoms with Crippen LogP contribution < -0.4 is 10.2 Å². The molecule has 2 amide bonds. The first-order chi connectivity index (χ1) is 9.47. The lowest BCUT2D eigenvalue weighted by molar-refractivity contribution is -0.126. The predicted octanol–water partition coefficient (Wildman–Crippen LogP) is 2.09. The van der Waals surface area contributed by atoms with E-state index in [0.717, 1.165) is 0 Å². The standard InChI is InChI=1S/C15H19FN2O2/c1-10(2)9-14(19)17-13-7-8-18(15(13)20)12-5-3-11(16)4-6-12/h3-6,10,13H,7-9H2,1-2H3,(H,17,19). The summed E-state index contributed by atoms with van der Waals surface area (Å²) < 4.78 is 12.9. The van der Waals surface area contributed by atoms with E-state index in [1.807, 2.05) is 13.8 Å². The Balaban J connectivity index is 1.99. The SMILES string of the molecule is CC(C)CC(=O)NC1CCN(c2ccc(F)cc2)C1=O. The number of rotatable bonds is 4. The molecular weight excluding hydrogens is 259 g/mol. The Bertz CT molecular complexity index is 499. The molecule has 1 heterocycles. The summed E-state index contributed by atoms with van der Waals surface area (Å²) in [6.45, 7) is 4.46. The molecule has 2 rings (SSSR count). The van der Waals surface area contributed by atoms with Gasteiger partial charge in [-0.25, -0.2) is 4.39 Å². The van der Waals surface area contributed by atoms with Crippen molar-refractivity contribution in [2.45, 2.75) is 32.7 Å². The minimum Gasteiger partial charge on any atom is -0.344 e. The Kier molecular flexibility index (Phi) is 4.37. The molecule has 1 aromatic carbocycles. The lowest BCUT2D eigenvalue weighted by Gasteiger charge is -2.17. The number of benzene rings is 1. The molecule has 1 saturated heterocycles. The molecule has 4 nitrogen and oxygen atoms in total. The van der Waals surface area contributed by atoms with Gasteiger partial charge in [-0.05, 0) is 36.6 Å². The summed E-state index contributed by atoms with van der Waals surface area (Å²) in [5.74, 6) is -0.296. The van der Waals surface area contributed by atoms with E-state index in [1.54, 1.807) is 17.0 Å². The van der Waals surface area contributed by atoms with Crippen molar-refractivity contribution in [3.05, 3.63) is 30.1 Å². The Labute approximate surface area is 118 Å². The van der Waals surface area contributed by atoms with E-state index in [1.165, 1.54) is 12.1 Å². The van der Waals surface area contributed by atoms with E-state index in [0.29, 0.717) is 25.1 Å². The zero-order valence-electron chi connectivity index (χ0n) is 11.7. The second-order valence-electron chi connectivity index (χ2n) is 5.47. The van der Waals surface area contributed by atoms with Gasteiger partial charge in [0.05, 0.1) is 0 Å². The van der Waals surface area contributed by atoms with Crippen LogP contribution in [0.2, 0.25) is 0 Å². The van der Waals surface area contributed by atoms with E-state index in [9.17, 15) is 14.0 Å². The summed E-state index contributed by atoms with van der Waals surface area (Å²) in [4.78, 5) is 25.5. The summed E-state index contributed by atoms with van der Waals surface area (Å²) in [6.07, 6.45) is 1.00. The molecule has 1 aromatic rings. The van der Waals surface area contributed by atoms with E-state index < -0.39 is 6.04 Å². The van der Waals surface area contributed by atoms with Crippen LogP contribution in [0.5, 0.6) is 0 Å². The van der Waals surface area contributed by atoms with Gasteiger partial charge in [0.1, 0.15) is 11.9 Å². The first-order valence-corrected chi connectivity index (χ1v) is 6.83. The quantitative estimate of drug-likeness (QED) is 0.917. The highest BCUT2D eigenvalue weighted by molar-refractivity contribution is 6.01. The average molecular weight is 278 g/mol. The van der Waals surface area contributed by atoms with Crippen LogP contribution >= 0.6 is 0 Å². The maximum absolute atomic E-state index is 12.9. The van der Waals surface area contributed by atoms with Crippen LogP contribution in [-0.2, 0) is 9.59 Å². The number of nitrogens with one attached hydrogen (secondary N) is 1. The van der Waals surface area contributed by atoms with E-state index >= 15 is 0 Å². The van der Waals surface area contributed by atoms with Crippen molar-refractivity contribution in [3.63, 3.8) is 0 Å². The summed E-state index contributed by atoms with van der Waals surface area (Å²) >= 11 is 0. The molecule has 1 atom stereocenters. The molecule has 1 aliphatic rings. The zero-order chi connectivity index (χ0) is 14.7. The molecule has 0 saturated carbocycles. The number of anilines is 1. The largest absolute Gasteiger partial charge is 0.344 e. The van der Waals surface area contributed by atoms with Gasteiger partial charge >= 0.3 is 0 Å². The highest BCUT2D eigenvalue weighted by Gasteiger charge is 2.33. The van der Waals surface area contributed by atoms with E-state index in [4.69, 9.17) is 0 Å². The fraction of sp³-hybridized carbons (Fsp3) is 0.467. The molecule has 5 heteroatoms. The Morgan fingerprint density at radius 1 is 1.40 bits per heavy atom. The minimum absolute atomic E-state index is 0.0979. The van der Waals surface area contributed by atoms with Crippen molar-refractivity contribution in [1.29, 1.82) is 0 Å². The monoisotopic (exact) mass is 278 g/mol. The lowest BCUT2D eigenvalue weighted by atomic mass is 10.1. The first kappa shape index (κ1) is 14.5. The Morgan fingerprint density at radius 2 is 2.05 bits per heavy atom. The number of amides is 2. The number of hydrogen-bond acceptors (Lipinski definition) is 2. The third kappa shape index (κ3) is 3.35. The van der Waals surface area contributed by atoms with Gasteiger partial charge in [-0.1, -0.05) is 13.8 Å². The molecule has 1 fully saturated rings. The highest BCUT2D eigenvalue weighted by Crippen LogP contribution is 2.22. The predicted molar refractivity (Wildman–Crippen MR) is 74.8 cm³/mol.